The summed E-state index contributed by atoms with van der Waals surface area (Å²) in [7, 11) is 0. The van der Waals surface area contributed by atoms with Gasteiger partial charge in [-0.3, -0.25) is 5.32 Å². The minimum Gasteiger partial charge on any atom is -0.403 e. The maximum Gasteiger partial charge on any atom is 0.322 e. The Kier molecular flexibility index (Phi) is 3.40. The summed E-state index contributed by atoms with van der Waals surface area (Å²) in [5, 5.41) is 20.0. The predicted molar refractivity (Wildman–Crippen MR) is 87.3 cm³/mol. The first-order chi connectivity index (χ1) is 11.7. The maximum absolute atomic E-state index is 13.7. The molecule has 0 fully saturated rings. The molecule has 0 spiro atoms. The van der Waals surface area contributed by atoms with Crippen molar-refractivity contribution < 1.29 is 8.81 Å². The molecular formula is C16H8FN5OS. The van der Waals surface area contributed by atoms with Crippen molar-refractivity contribution in [3.63, 3.8) is 0 Å². The van der Waals surface area contributed by atoms with Crippen LogP contribution in [0.5, 0.6) is 0 Å². The normalized spacial score (nSPS) is 10.7. The van der Waals surface area contributed by atoms with Crippen LogP contribution >= 0.6 is 11.3 Å². The Labute approximate surface area is 139 Å². The molecule has 2 aromatic carbocycles. The third-order valence-corrected chi connectivity index (χ3v) is 4.21. The van der Waals surface area contributed by atoms with Crippen molar-refractivity contribution in [1.29, 1.82) is 5.26 Å². The molecule has 24 heavy (non-hydrogen) atoms. The van der Waals surface area contributed by atoms with Gasteiger partial charge in [0.05, 0.1) is 16.3 Å². The van der Waals surface area contributed by atoms with Crippen LogP contribution in [-0.2, 0) is 0 Å². The van der Waals surface area contributed by atoms with Crippen LogP contribution in [-0.4, -0.2) is 15.2 Å². The fraction of sp³-hybridized carbons (Fsp3) is 0. The second-order valence-corrected chi connectivity index (χ2v) is 5.86. The van der Waals surface area contributed by atoms with Crippen LogP contribution in [0.15, 0.2) is 46.9 Å². The smallest absolute Gasteiger partial charge is 0.322 e. The van der Waals surface area contributed by atoms with E-state index in [1.54, 1.807) is 36.4 Å². The van der Waals surface area contributed by atoms with Gasteiger partial charge < -0.3 is 4.42 Å². The molecule has 2 heterocycles. The van der Waals surface area contributed by atoms with Gasteiger partial charge in [0.1, 0.15) is 11.3 Å². The molecule has 4 aromatic rings. The summed E-state index contributed by atoms with van der Waals surface area (Å²) in [5.74, 6) is -0.0603. The molecule has 0 saturated carbocycles. The van der Waals surface area contributed by atoms with Crippen LogP contribution in [0.3, 0.4) is 0 Å². The zero-order valence-electron chi connectivity index (χ0n) is 12.0. The van der Waals surface area contributed by atoms with Crippen LogP contribution in [0, 0.1) is 17.1 Å². The molecule has 0 aliphatic rings. The molecule has 0 amide bonds. The highest BCUT2D eigenvalue weighted by Gasteiger charge is 2.12. The van der Waals surface area contributed by atoms with Crippen molar-refractivity contribution in [2.75, 3.05) is 5.32 Å². The van der Waals surface area contributed by atoms with E-state index in [4.69, 9.17) is 9.68 Å². The van der Waals surface area contributed by atoms with Crippen molar-refractivity contribution >= 4 is 32.7 Å². The molecular weight excluding hydrogens is 329 g/mol. The lowest BCUT2D eigenvalue weighted by Crippen LogP contribution is -1.89. The number of rotatable bonds is 3. The molecule has 4 rings (SSSR count). The lowest BCUT2D eigenvalue weighted by atomic mass is 10.1. The lowest BCUT2D eigenvalue weighted by molar-refractivity contribution is 0.587. The van der Waals surface area contributed by atoms with Gasteiger partial charge in [0, 0.05) is 5.56 Å². The quantitative estimate of drug-likeness (QED) is 0.605. The predicted octanol–water partition coefficient (Wildman–Crippen LogP) is 4.10. The van der Waals surface area contributed by atoms with Crippen LogP contribution in [0.2, 0.25) is 0 Å². The molecule has 0 unspecified atom stereocenters. The van der Waals surface area contributed by atoms with E-state index in [1.807, 2.05) is 6.07 Å². The van der Waals surface area contributed by atoms with E-state index < -0.39 is 0 Å². The highest BCUT2D eigenvalue weighted by molar-refractivity contribution is 7.22. The van der Waals surface area contributed by atoms with Gasteiger partial charge in [-0.2, -0.15) is 5.26 Å². The molecule has 6 nitrogen and oxygen atoms in total. The summed E-state index contributed by atoms with van der Waals surface area (Å²) in [6, 6.07) is 13.8. The van der Waals surface area contributed by atoms with Gasteiger partial charge in [-0.15, -0.1) is 5.10 Å². The zero-order chi connectivity index (χ0) is 16.5. The van der Waals surface area contributed by atoms with Crippen molar-refractivity contribution in [3.8, 4) is 17.5 Å². The summed E-state index contributed by atoms with van der Waals surface area (Å²) in [5.41, 5.74) is 1.55. The second kappa shape index (κ2) is 5.72. The number of anilines is 2. The Balaban J connectivity index is 1.60. The first kappa shape index (κ1) is 14.3. The molecule has 0 aliphatic carbocycles. The van der Waals surface area contributed by atoms with Crippen molar-refractivity contribution in [2.45, 2.75) is 0 Å². The summed E-state index contributed by atoms with van der Waals surface area (Å²) in [4.78, 5) is 4.18. The molecule has 0 radical (unpaired) electrons. The van der Waals surface area contributed by atoms with Gasteiger partial charge in [-0.25, -0.2) is 9.37 Å². The molecule has 1 N–H and O–H groups in total. The number of para-hydroxylation sites is 1. The molecule has 2 aromatic heterocycles. The number of aromatic nitrogens is 3. The summed E-state index contributed by atoms with van der Waals surface area (Å²) < 4.78 is 19.9. The van der Waals surface area contributed by atoms with E-state index in [0.717, 1.165) is 4.70 Å². The third-order valence-electron chi connectivity index (χ3n) is 3.27. The summed E-state index contributed by atoms with van der Waals surface area (Å²) >= 11 is 1.29. The van der Waals surface area contributed by atoms with Crippen molar-refractivity contribution in [3.05, 3.63) is 53.8 Å². The Morgan fingerprint density at radius 3 is 2.71 bits per heavy atom. The van der Waals surface area contributed by atoms with Gasteiger partial charge in [-0.05, 0) is 36.4 Å². The van der Waals surface area contributed by atoms with Crippen LogP contribution < -0.4 is 5.32 Å². The minimum absolute atomic E-state index is 0.161. The maximum atomic E-state index is 13.7. The number of nitrogens with one attached hydrogen (secondary N) is 1. The van der Waals surface area contributed by atoms with Gasteiger partial charge in [0.25, 0.3) is 0 Å². The number of halogens is 1. The van der Waals surface area contributed by atoms with Gasteiger partial charge >= 0.3 is 6.01 Å². The average Bonchev–Trinajstić information content (AvgIpc) is 3.23. The first-order valence-electron chi connectivity index (χ1n) is 6.89. The van der Waals surface area contributed by atoms with E-state index in [9.17, 15) is 4.39 Å². The van der Waals surface area contributed by atoms with Gasteiger partial charge in [0.2, 0.25) is 5.89 Å². The van der Waals surface area contributed by atoms with Crippen molar-refractivity contribution in [1.82, 2.24) is 15.2 Å². The lowest BCUT2D eigenvalue weighted by Gasteiger charge is -1.95. The van der Waals surface area contributed by atoms with Crippen LogP contribution in [0.1, 0.15) is 5.56 Å². The van der Waals surface area contributed by atoms with Gasteiger partial charge in [-0.1, -0.05) is 22.5 Å². The fourth-order valence-corrected chi connectivity index (χ4v) is 3.01. The van der Waals surface area contributed by atoms with E-state index in [1.165, 1.54) is 17.4 Å². The molecule has 0 saturated heterocycles. The number of hydrogen-bond donors (Lipinski definition) is 1. The van der Waals surface area contributed by atoms with E-state index >= 15 is 0 Å². The standard InChI is InChI=1S/C16H8FN5OS/c17-11-2-1-3-12-13(11)19-16(24-12)20-15-22-21-14(23-15)10-6-4-9(8-18)5-7-10/h1-7H,(H,19,20,22). The summed E-state index contributed by atoms with van der Waals surface area (Å²) in [6.45, 7) is 0. The Morgan fingerprint density at radius 1 is 1.12 bits per heavy atom. The Morgan fingerprint density at radius 2 is 1.96 bits per heavy atom. The fourth-order valence-electron chi connectivity index (χ4n) is 2.14. The van der Waals surface area contributed by atoms with Crippen LogP contribution in [0.25, 0.3) is 21.7 Å². The number of benzene rings is 2. The minimum atomic E-state index is -0.374. The molecule has 116 valence electrons. The van der Waals surface area contributed by atoms with Crippen LogP contribution in [0.4, 0.5) is 15.5 Å². The number of nitrogens with zero attached hydrogens (tertiary/aromatic N) is 4. The zero-order valence-corrected chi connectivity index (χ0v) is 12.8. The van der Waals surface area contributed by atoms with E-state index in [-0.39, 0.29) is 11.8 Å². The topological polar surface area (TPSA) is 87.6 Å². The largest absolute Gasteiger partial charge is 0.403 e. The molecule has 0 bridgehead atoms. The highest BCUT2D eigenvalue weighted by Crippen LogP contribution is 2.30. The average molecular weight is 337 g/mol. The SMILES string of the molecule is N#Cc1ccc(-c2nnc(Nc3nc4c(F)cccc4s3)o2)cc1. The van der Waals surface area contributed by atoms with E-state index in [2.05, 4.69) is 20.5 Å². The number of fused-ring (bicyclic) bond motifs is 1. The third kappa shape index (κ3) is 2.57. The summed E-state index contributed by atoms with van der Waals surface area (Å²) in [6.07, 6.45) is 0. The monoisotopic (exact) mass is 337 g/mol. The molecule has 0 aliphatic heterocycles. The van der Waals surface area contributed by atoms with Gasteiger partial charge in [0.15, 0.2) is 5.13 Å². The number of thiazole rings is 1. The second-order valence-electron chi connectivity index (χ2n) is 4.83. The highest BCUT2D eigenvalue weighted by atomic mass is 32.1. The number of hydrogen-bond acceptors (Lipinski definition) is 7. The number of nitriles is 1. The van der Waals surface area contributed by atoms with Crippen molar-refractivity contribution in [2.24, 2.45) is 0 Å². The Bertz CT molecular complexity index is 1060. The van der Waals surface area contributed by atoms with E-state index in [0.29, 0.717) is 27.7 Å². The first-order valence-corrected chi connectivity index (χ1v) is 7.71. The Hall–Kier alpha value is -3.31. The molecule has 0 atom stereocenters. The molecule has 8 heteroatoms.